The van der Waals surface area contributed by atoms with Gasteiger partial charge in [0.05, 0.1) is 0 Å². The molecule has 0 amide bonds. The van der Waals surface area contributed by atoms with E-state index in [1.165, 1.54) is 0 Å². The molecule has 39 valence electrons. The van der Waals surface area contributed by atoms with Crippen molar-refractivity contribution in [1.82, 2.24) is 0 Å². The molecule has 0 saturated carbocycles. The van der Waals surface area contributed by atoms with Gasteiger partial charge in [0.15, 0.2) is 0 Å². The highest BCUT2D eigenvalue weighted by Gasteiger charge is 1.87. The summed E-state index contributed by atoms with van der Waals surface area (Å²) in [7, 11) is -3.72. The summed E-state index contributed by atoms with van der Waals surface area (Å²) in [5.41, 5.74) is 0. The lowest BCUT2D eigenvalue weighted by molar-refractivity contribution is 0.470. The molecule has 0 aliphatic rings. The molecule has 0 aromatic heterocycles. The van der Waals surface area contributed by atoms with E-state index < -0.39 is 9.99 Å². The Morgan fingerprint density at radius 1 is 1.71 bits per heavy atom. The van der Waals surface area contributed by atoms with Gasteiger partial charge >= 0.3 is 0 Å². The third-order valence-electron chi connectivity index (χ3n) is 0.176. The highest BCUT2D eigenvalue weighted by molar-refractivity contribution is 7.93. The molecule has 0 aromatic rings. The normalized spacial score (nSPS) is 16.7. The maximum atomic E-state index is 9.69. The second kappa shape index (κ2) is 1.88. The zero-order valence-electron chi connectivity index (χ0n) is 3.29. The molecule has 1 unspecified atom stereocenters. The van der Waals surface area contributed by atoms with E-state index in [0.29, 0.717) is 0 Å². The molecule has 0 aliphatic heterocycles. The Kier molecular flexibility index (Phi) is 1.71. The van der Waals surface area contributed by atoms with Crippen LogP contribution in [0.1, 0.15) is 0 Å². The van der Waals surface area contributed by atoms with Gasteiger partial charge in [-0.05, 0) is 0 Å². The summed E-state index contributed by atoms with van der Waals surface area (Å²) < 4.78 is 21.7. The first-order valence-corrected chi connectivity index (χ1v) is 2.84. The molecular formula is C2H2NO3S. The average Bonchev–Trinajstić information content (AvgIpc) is 1.30. The van der Waals surface area contributed by atoms with Crippen LogP contribution in [0.15, 0.2) is 4.40 Å². The van der Waals surface area contributed by atoms with Crippen molar-refractivity contribution >= 4 is 21.9 Å². The summed E-state index contributed by atoms with van der Waals surface area (Å²) in [6, 6.07) is 0. The van der Waals surface area contributed by atoms with Crippen LogP contribution in [-0.2, 0) is 19.3 Å². The molecule has 0 rings (SSSR count). The fourth-order valence-electron chi connectivity index (χ4n) is 0.0568. The van der Waals surface area contributed by atoms with Crippen LogP contribution in [0.3, 0.4) is 0 Å². The van der Waals surface area contributed by atoms with Crippen LogP contribution in [0.4, 0.5) is 0 Å². The Morgan fingerprint density at radius 3 is 2.14 bits per heavy atom. The van der Waals surface area contributed by atoms with Gasteiger partial charge in [-0.15, -0.1) is 4.55 Å². The number of rotatable bonds is 1. The van der Waals surface area contributed by atoms with Gasteiger partial charge in [-0.25, -0.2) is 9.00 Å². The van der Waals surface area contributed by atoms with Crippen molar-refractivity contribution in [2.45, 2.75) is 0 Å². The summed E-state index contributed by atoms with van der Waals surface area (Å²) in [5, 5.41) is 0. The second-order valence-electron chi connectivity index (χ2n) is 0.764. The first-order chi connectivity index (χ1) is 3.06. The van der Waals surface area contributed by atoms with Crippen LogP contribution in [0.2, 0.25) is 0 Å². The molecule has 4 nitrogen and oxygen atoms in total. The highest BCUT2D eigenvalue weighted by atomic mass is 32.2. The van der Waals surface area contributed by atoms with Gasteiger partial charge in [0.25, 0.3) is 6.08 Å². The molecule has 0 N–H and O–H groups in total. The van der Waals surface area contributed by atoms with Crippen LogP contribution in [0, 0.1) is 0 Å². The van der Waals surface area contributed by atoms with Gasteiger partial charge in [0, 0.05) is 5.87 Å². The summed E-state index contributed by atoms with van der Waals surface area (Å²) in [5.74, 6) is 2.50. The summed E-state index contributed by atoms with van der Waals surface area (Å²) in [6.07, 6.45) is 0.832. The fourth-order valence-corrected chi connectivity index (χ4v) is 0.170. The first-order valence-electron chi connectivity index (χ1n) is 1.23. The highest BCUT2D eigenvalue weighted by Crippen LogP contribution is 1.77. The quantitative estimate of drug-likeness (QED) is 0.261. The van der Waals surface area contributed by atoms with Crippen molar-refractivity contribution in [3.05, 3.63) is 0 Å². The van der Waals surface area contributed by atoms with Crippen LogP contribution in [0.25, 0.3) is 0 Å². The average molecular weight is 120 g/mol. The predicted molar refractivity (Wildman–Crippen MR) is 24.1 cm³/mol. The summed E-state index contributed by atoms with van der Waals surface area (Å²) >= 11 is 0. The zero-order valence-corrected chi connectivity index (χ0v) is 4.10. The van der Waals surface area contributed by atoms with E-state index >= 15 is 0 Å². The van der Waals surface area contributed by atoms with E-state index in [4.69, 9.17) is 4.79 Å². The largest absolute Gasteiger partial charge is 0.251 e. The summed E-state index contributed by atoms with van der Waals surface area (Å²) in [4.78, 5) is 9.11. The van der Waals surface area contributed by atoms with Crippen LogP contribution < -0.4 is 0 Å². The molecule has 5 heteroatoms. The Labute approximate surface area is 40.8 Å². The van der Waals surface area contributed by atoms with Crippen LogP contribution in [0.5, 0.6) is 0 Å². The van der Waals surface area contributed by atoms with E-state index in [-0.39, 0.29) is 0 Å². The van der Waals surface area contributed by atoms with Crippen molar-refractivity contribution in [3.63, 3.8) is 0 Å². The SMILES string of the molecule is C=S([O])(=O)N=C=O. The number of hydrogen-bond acceptors (Lipinski definition) is 2. The lowest BCUT2D eigenvalue weighted by atomic mass is 11.7. The Bertz CT molecular complexity index is 185. The molecule has 0 saturated heterocycles. The minimum atomic E-state index is -3.72. The maximum absolute atomic E-state index is 9.69. The van der Waals surface area contributed by atoms with Gasteiger partial charge in [0.2, 0.25) is 9.99 Å². The molecule has 0 aromatic carbocycles. The molecular weight excluding hydrogens is 118 g/mol. The number of carbonyl (C=O) groups excluding carboxylic acids is 1. The lowest BCUT2D eigenvalue weighted by Crippen LogP contribution is -1.84. The zero-order chi connectivity index (χ0) is 5.91. The molecule has 1 radical (unpaired) electrons. The molecule has 0 aliphatic carbocycles. The van der Waals surface area contributed by atoms with Crippen molar-refractivity contribution in [2.24, 2.45) is 4.40 Å². The third-order valence-corrected chi connectivity index (χ3v) is 0.529. The minimum Gasteiger partial charge on any atom is -0.213 e. The summed E-state index contributed by atoms with van der Waals surface area (Å²) in [6.45, 7) is 0. The van der Waals surface area contributed by atoms with E-state index in [0.717, 1.165) is 6.08 Å². The van der Waals surface area contributed by atoms with Gasteiger partial charge in [-0.1, -0.05) is 4.40 Å². The van der Waals surface area contributed by atoms with Gasteiger partial charge < -0.3 is 0 Å². The van der Waals surface area contributed by atoms with Crippen molar-refractivity contribution in [1.29, 1.82) is 0 Å². The Balaban J connectivity index is 4.44. The van der Waals surface area contributed by atoms with Gasteiger partial charge in [0.1, 0.15) is 0 Å². The second-order valence-corrected chi connectivity index (χ2v) is 2.11. The molecule has 0 fully saturated rings. The number of isocyanates is 1. The van der Waals surface area contributed by atoms with E-state index in [9.17, 15) is 8.76 Å². The number of nitrogens with zero attached hydrogens (tertiary/aromatic N) is 1. The predicted octanol–water partition coefficient (Wildman–Crippen LogP) is -0.701. The monoisotopic (exact) mass is 120 g/mol. The van der Waals surface area contributed by atoms with Crippen molar-refractivity contribution in [2.75, 3.05) is 0 Å². The molecule has 1 atom stereocenters. The molecule has 7 heavy (non-hydrogen) atoms. The topological polar surface area (TPSA) is 66.4 Å². The molecule has 0 heterocycles. The van der Waals surface area contributed by atoms with Crippen molar-refractivity contribution in [3.8, 4) is 0 Å². The fraction of sp³-hybridized carbons (Fsp3) is 0. The van der Waals surface area contributed by atoms with Gasteiger partial charge in [-0.2, -0.15) is 0 Å². The lowest BCUT2D eigenvalue weighted by Gasteiger charge is -1.74. The Hall–Kier alpha value is -0.640. The Morgan fingerprint density at radius 2 is 2.14 bits per heavy atom. The third kappa shape index (κ3) is 5.36. The maximum Gasteiger partial charge on any atom is 0.251 e. The smallest absolute Gasteiger partial charge is 0.213 e. The molecule has 0 spiro atoms. The van der Waals surface area contributed by atoms with Crippen LogP contribution in [-0.4, -0.2) is 16.2 Å². The van der Waals surface area contributed by atoms with Crippen molar-refractivity contribution < 1.29 is 13.6 Å². The van der Waals surface area contributed by atoms with E-state index in [2.05, 4.69) is 10.3 Å². The standard InChI is InChI=1S/C2H2NO3S/c1-7(5,6)3-2-4/h1H2. The minimum absolute atomic E-state index is 0.832. The molecule has 0 bridgehead atoms. The first kappa shape index (κ1) is 6.36. The van der Waals surface area contributed by atoms with E-state index in [1.807, 2.05) is 0 Å². The number of hydrogen-bond donors (Lipinski definition) is 0. The van der Waals surface area contributed by atoms with E-state index in [1.54, 1.807) is 0 Å². The van der Waals surface area contributed by atoms with Gasteiger partial charge in [-0.3, -0.25) is 0 Å². The van der Waals surface area contributed by atoms with Crippen LogP contribution >= 0.6 is 0 Å².